The Labute approximate surface area is 159 Å². The molecule has 2 aromatic carbocycles. The molecule has 0 N–H and O–H groups in total. The van der Waals surface area contributed by atoms with Gasteiger partial charge in [0.1, 0.15) is 5.82 Å². The van der Waals surface area contributed by atoms with E-state index >= 15 is 0 Å². The fourth-order valence-corrected chi connectivity index (χ4v) is 5.68. The van der Waals surface area contributed by atoms with E-state index in [-0.39, 0.29) is 17.9 Å². The van der Waals surface area contributed by atoms with Crippen molar-refractivity contribution in [2.75, 3.05) is 5.88 Å². The molecule has 1 fully saturated rings. The van der Waals surface area contributed by atoms with Crippen LogP contribution < -0.4 is 0 Å². The number of sulfonamides is 1. The van der Waals surface area contributed by atoms with E-state index in [1.165, 1.54) is 12.1 Å². The van der Waals surface area contributed by atoms with Crippen molar-refractivity contribution in [1.29, 1.82) is 0 Å². The molecule has 2 unspecified atom stereocenters. The van der Waals surface area contributed by atoms with Crippen LogP contribution in [0.5, 0.6) is 0 Å². The molecule has 3 nitrogen and oxygen atoms in total. The summed E-state index contributed by atoms with van der Waals surface area (Å²) in [5, 5.41) is 0. The smallest absolute Gasteiger partial charge is 0.207 e. The van der Waals surface area contributed by atoms with Gasteiger partial charge in [0.15, 0.2) is 0 Å². The third-order valence-corrected chi connectivity index (χ3v) is 7.21. The van der Waals surface area contributed by atoms with Gasteiger partial charge in [-0.25, -0.2) is 12.8 Å². The van der Waals surface area contributed by atoms with E-state index in [2.05, 4.69) is 0 Å². The van der Waals surface area contributed by atoms with Crippen LogP contribution in [0.2, 0.25) is 0 Å². The molecule has 140 valence electrons. The van der Waals surface area contributed by atoms with Gasteiger partial charge >= 0.3 is 0 Å². The van der Waals surface area contributed by atoms with Crippen LogP contribution in [0.15, 0.2) is 53.4 Å². The largest absolute Gasteiger partial charge is 0.243 e. The zero-order valence-electron chi connectivity index (χ0n) is 14.7. The highest BCUT2D eigenvalue weighted by molar-refractivity contribution is 7.89. The van der Waals surface area contributed by atoms with E-state index in [1.54, 1.807) is 28.6 Å². The lowest BCUT2D eigenvalue weighted by Crippen LogP contribution is -2.37. The SMILES string of the molecule is Cc1ccc(S(=O)(=O)N2C(CCCCl)CCC2c2ccc(F)cc2)cc1. The average Bonchev–Trinajstić information content (AvgIpc) is 3.05. The van der Waals surface area contributed by atoms with E-state index < -0.39 is 10.0 Å². The lowest BCUT2D eigenvalue weighted by Gasteiger charge is -2.30. The fraction of sp³-hybridized carbons (Fsp3) is 0.400. The Hall–Kier alpha value is -1.43. The van der Waals surface area contributed by atoms with Crippen molar-refractivity contribution in [1.82, 2.24) is 4.31 Å². The van der Waals surface area contributed by atoms with Crippen molar-refractivity contribution in [2.24, 2.45) is 0 Å². The maximum atomic E-state index is 13.4. The van der Waals surface area contributed by atoms with Crippen LogP contribution in [0.3, 0.4) is 0 Å². The van der Waals surface area contributed by atoms with E-state index in [0.717, 1.165) is 36.8 Å². The first-order chi connectivity index (χ1) is 12.4. The van der Waals surface area contributed by atoms with Crippen LogP contribution in [-0.4, -0.2) is 24.6 Å². The minimum atomic E-state index is -3.65. The summed E-state index contributed by atoms with van der Waals surface area (Å²) in [6.45, 7) is 1.93. The van der Waals surface area contributed by atoms with Gasteiger partial charge in [0.25, 0.3) is 0 Å². The van der Waals surface area contributed by atoms with Gasteiger partial charge in [0.05, 0.1) is 10.9 Å². The molecule has 1 aliphatic rings. The summed E-state index contributed by atoms with van der Waals surface area (Å²) in [6, 6.07) is 12.7. The zero-order chi connectivity index (χ0) is 18.7. The highest BCUT2D eigenvalue weighted by atomic mass is 35.5. The van der Waals surface area contributed by atoms with E-state index in [4.69, 9.17) is 11.6 Å². The number of alkyl halides is 1. The number of aryl methyl sites for hydroxylation is 1. The van der Waals surface area contributed by atoms with Gasteiger partial charge in [-0.3, -0.25) is 0 Å². The molecule has 0 spiro atoms. The molecule has 26 heavy (non-hydrogen) atoms. The van der Waals surface area contributed by atoms with Crippen LogP contribution >= 0.6 is 11.6 Å². The van der Waals surface area contributed by atoms with E-state index in [0.29, 0.717) is 10.8 Å². The maximum absolute atomic E-state index is 13.4. The van der Waals surface area contributed by atoms with Gasteiger partial charge in [0.2, 0.25) is 10.0 Å². The number of halogens is 2. The molecule has 1 aliphatic heterocycles. The van der Waals surface area contributed by atoms with Crippen molar-refractivity contribution in [3.63, 3.8) is 0 Å². The first-order valence-corrected chi connectivity index (χ1v) is 10.8. The average molecular weight is 396 g/mol. The Balaban J connectivity index is 2.00. The predicted molar refractivity (Wildman–Crippen MR) is 102 cm³/mol. The molecule has 1 saturated heterocycles. The first kappa shape index (κ1) is 19.3. The molecule has 0 aliphatic carbocycles. The number of rotatable bonds is 6. The van der Waals surface area contributed by atoms with Gasteiger partial charge < -0.3 is 0 Å². The summed E-state index contributed by atoms with van der Waals surface area (Å²) < 4.78 is 41.7. The molecule has 0 saturated carbocycles. The quantitative estimate of drug-likeness (QED) is 0.642. The summed E-state index contributed by atoms with van der Waals surface area (Å²) in [6.07, 6.45) is 3.00. The summed E-state index contributed by atoms with van der Waals surface area (Å²) in [5.74, 6) is 0.189. The van der Waals surface area contributed by atoms with Gasteiger partial charge in [-0.2, -0.15) is 4.31 Å². The summed E-state index contributed by atoms with van der Waals surface area (Å²) in [5.41, 5.74) is 1.84. The van der Waals surface area contributed by atoms with Crippen molar-refractivity contribution >= 4 is 21.6 Å². The molecule has 6 heteroatoms. The molecular weight excluding hydrogens is 373 g/mol. The second-order valence-electron chi connectivity index (χ2n) is 6.78. The second kappa shape index (κ2) is 8.07. The van der Waals surface area contributed by atoms with Crippen molar-refractivity contribution in [2.45, 2.75) is 49.6 Å². The highest BCUT2D eigenvalue weighted by Gasteiger charge is 2.42. The normalized spacial score (nSPS) is 21.2. The summed E-state index contributed by atoms with van der Waals surface area (Å²) in [7, 11) is -3.65. The lowest BCUT2D eigenvalue weighted by molar-refractivity contribution is 0.312. The molecule has 1 heterocycles. The molecule has 0 amide bonds. The van der Waals surface area contributed by atoms with Gasteiger partial charge in [-0.05, 0) is 62.4 Å². The predicted octanol–water partition coefficient (Wildman–Crippen LogP) is 5.05. The molecule has 0 bridgehead atoms. The third-order valence-electron chi connectivity index (χ3n) is 4.96. The molecular formula is C20H23ClFNO2S. The minimum absolute atomic E-state index is 0.0879. The maximum Gasteiger partial charge on any atom is 0.243 e. The van der Waals surface area contributed by atoms with Crippen molar-refractivity contribution in [3.8, 4) is 0 Å². The van der Waals surface area contributed by atoms with Gasteiger partial charge in [-0.15, -0.1) is 11.6 Å². The third kappa shape index (κ3) is 3.95. The Morgan fingerprint density at radius 1 is 1.08 bits per heavy atom. The second-order valence-corrected chi connectivity index (χ2v) is 9.00. The topological polar surface area (TPSA) is 37.4 Å². The molecule has 0 aromatic heterocycles. The van der Waals surface area contributed by atoms with Crippen molar-refractivity contribution in [3.05, 3.63) is 65.5 Å². The van der Waals surface area contributed by atoms with Crippen LogP contribution in [-0.2, 0) is 10.0 Å². The summed E-state index contributed by atoms with van der Waals surface area (Å²) >= 11 is 5.84. The van der Waals surface area contributed by atoms with Gasteiger partial charge in [0, 0.05) is 11.9 Å². The Bertz CT molecular complexity index is 837. The first-order valence-electron chi connectivity index (χ1n) is 8.85. The lowest BCUT2D eigenvalue weighted by atomic mass is 10.1. The zero-order valence-corrected chi connectivity index (χ0v) is 16.3. The summed E-state index contributed by atoms with van der Waals surface area (Å²) in [4.78, 5) is 0.299. The number of nitrogens with zero attached hydrogens (tertiary/aromatic N) is 1. The number of hydrogen-bond acceptors (Lipinski definition) is 2. The van der Waals surface area contributed by atoms with Crippen molar-refractivity contribution < 1.29 is 12.8 Å². The molecule has 2 atom stereocenters. The van der Waals surface area contributed by atoms with Crippen LogP contribution in [0.1, 0.15) is 42.9 Å². The number of benzene rings is 2. The monoisotopic (exact) mass is 395 g/mol. The molecule has 2 aromatic rings. The highest BCUT2D eigenvalue weighted by Crippen LogP contribution is 2.42. The molecule has 0 radical (unpaired) electrons. The fourth-order valence-electron chi connectivity index (χ4n) is 3.64. The minimum Gasteiger partial charge on any atom is -0.207 e. The number of hydrogen-bond donors (Lipinski definition) is 0. The van der Waals surface area contributed by atoms with Crippen LogP contribution in [0.4, 0.5) is 4.39 Å². The Morgan fingerprint density at radius 2 is 1.73 bits per heavy atom. The van der Waals surface area contributed by atoms with Crippen LogP contribution in [0, 0.1) is 12.7 Å². The van der Waals surface area contributed by atoms with Gasteiger partial charge in [-0.1, -0.05) is 29.8 Å². The van der Waals surface area contributed by atoms with Crippen LogP contribution in [0.25, 0.3) is 0 Å². The Kier molecular flexibility index (Phi) is 6.00. The Morgan fingerprint density at radius 3 is 2.35 bits per heavy atom. The van der Waals surface area contributed by atoms with E-state index in [9.17, 15) is 12.8 Å². The molecule has 3 rings (SSSR count). The standard InChI is InChI=1S/C20H23ClFNO2S/c1-15-4-11-19(12-5-15)26(24,25)23-18(3-2-14-21)10-13-20(23)16-6-8-17(22)9-7-16/h4-9,11-12,18,20H,2-3,10,13-14H2,1H3. The van der Waals surface area contributed by atoms with E-state index in [1.807, 2.05) is 19.1 Å².